The maximum absolute atomic E-state index is 12.3. The summed E-state index contributed by atoms with van der Waals surface area (Å²) < 4.78 is 26.0. The Labute approximate surface area is 116 Å². The molecule has 0 spiro atoms. The van der Waals surface area contributed by atoms with Crippen LogP contribution in [-0.4, -0.2) is 39.9 Å². The van der Waals surface area contributed by atoms with Gasteiger partial charge in [0.2, 0.25) is 10.0 Å². The molecule has 0 atom stereocenters. The van der Waals surface area contributed by atoms with E-state index < -0.39 is 10.0 Å². The van der Waals surface area contributed by atoms with Crippen LogP contribution in [0.5, 0.6) is 0 Å². The minimum Gasteiger partial charge on any atom is -0.319 e. The molecule has 0 amide bonds. The van der Waals surface area contributed by atoms with Gasteiger partial charge in [0, 0.05) is 13.6 Å². The molecule has 0 saturated carbocycles. The molecule has 1 N–H and O–H groups in total. The lowest BCUT2D eigenvalue weighted by Crippen LogP contribution is -2.30. The summed E-state index contributed by atoms with van der Waals surface area (Å²) in [5, 5.41) is 3.07. The average molecular weight is 284 g/mol. The third-order valence-corrected chi connectivity index (χ3v) is 4.76. The number of benzene rings is 1. The van der Waals surface area contributed by atoms with Gasteiger partial charge in [-0.25, -0.2) is 12.7 Å². The molecule has 0 heterocycles. The molecule has 0 aliphatic heterocycles. The van der Waals surface area contributed by atoms with Gasteiger partial charge in [-0.1, -0.05) is 26.0 Å². The molecular formula is C14H24N2O2S. The van der Waals surface area contributed by atoms with E-state index in [2.05, 4.69) is 5.32 Å². The van der Waals surface area contributed by atoms with Crippen LogP contribution in [0.2, 0.25) is 0 Å². The molecule has 0 fully saturated rings. The second kappa shape index (κ2) is 7.03. The SMILES string of the molecule is CNCCc1ccc(S(=O)(=O)N(C)CC(C)C)cc1. The second-order valence-corrected chi connectivity index (χ2v) is 7.22. The van der Waals surface area contributed by atoms with E-state index in [4.69, 9.17) is 0 Å². The Kier molecular flexibility index (Phi) is 5.97. The highest BCUT2D eigenvalue weighted by atomic mass is 32.2. The number of nitrogens with one attached hydrogen (secondary N) is 1. The smallest absolute Gasteiger partial charge is 0.242 e. The van der Waals surface area contributed by atoms with Crippen molar-refractivity contribution in [2.45, 2.75) is 25.2 Å². The van der Waals surface area contributed by atoms with E-state index in [1.165, 1.54) is 4.31 Å². The number of hydrogen-bond donors (Lipinski definition) is 1. The lowest BCUT2D eigenvalue weighted by atomic mass is 10.1. The number of likely N-dealkylation sites (N-methyl/N-ethyl adjacent to an activating group) is 1. The first-order chi connectivity index (χ1) is 8.87. The van der Waals surface area contributed by atoms with Crippen LogP contribution in [0.15, 0.2) is 29.2 Å². The summed E-state index contributed by atoms with van der Waals surface area (Å²) >= 11 is 0. The summed E-state index contributed by atoms with van der Waals surface area (Å²) in [4.78, 5) is 0.365. The van der Waals surface area contributed by atoms with E-state index in [1.54, 1.807) is 19.2 Å². The van der Waals surface area contributed by atoms with E-state index in [0.717, 1.165) is 18.5 Å². The van der Waals surface area contributed by atoms with Crippen LogP contribution in [0.3, 0.4) is 0 Å². The number of sulfonamides is 1. The minimum absolute atomic E-state index is 0.315. The van der Waals surface area contributed by atoms with Gasteiger partial charge in [0.1, 0.15) is 0 Å². The van der Waals surface area contributed by atoms with E-state index >= 15 is 0 Å². The van der Waals surface area contributed by atoms with Crippen molar-refractivity contribution in [3.8, 4) is 0 Å². The molecular weight excluding hydrogens is 260 g/mol. The zero-order valence-electron chi connectivity index (χ0n) is 12.2. The van der Waals surface area contributed by atoms with Gasteiger partial charge in [-0.15, -0.1) is 0 Å². The van der Waals surface area contributed by atoms with Crippen molar-refractivity contribution in [3.05, 3.63) is 29.8 Å². The molecule has 1 aromatic carbocycles. The number of hydrogen-bond acceptors (Lipinski definition) is 3. The predicted molar refractivity (Wildman–Crippen MR) is 78.7 cm³/mol. The van der Waals surface area contributed by atoms with E-state index in [0.29, 0.717) is 17.4 Å². The van der Waals surface area contributed by atoms with Crippen molar-refractivity contribution in [1.29, 1.82) is 0 Å². The lowest BCUT2D eigenvalue weighted by Gasteiger charge is -2.19. The van der Waals surface area contributed by atoms with Gasteiger partial charge in [0.05, 0.1) is 4.90 Å². The van der Waals surface area contributed by atoms with Gasteiger partial charge in [-0.2, -0.15) is 0 Å². The first-order valence-corrected chi connectivity index (χ1v) is 8.01. The van der Waals surface area contributed by atoms with Crippen molar-refractivity contribution >= 4 is 10.0 Å². The summed E-state index contributed by atoms with van der Waals surface area (Å²) in [7, 11) is 0.178. The van der Waals surface area contributed by atoms with Crippen molar-refractivity contribution in [3.63, 3.8) is 0 Å². The molecule has 0 radical (unpaired) electrons. The molecule has 1 rings (SSSR count). The molecule has 108 valence electrons. The highest BCUT2D eigenvalue weighted by Crippen LogP contribution is 2.16. The lowest BCUT2D eigenvalue weighted by molar-refractivity contribution is 0.417. The van der Waals surface area contributed by atoms with E-state index in [-0.39, 0.29) is 0 Å². The summed E-state index contributed by atoms with van der Waals surface area (Å²) in [5.74, 6) is 0.315. The molecule has 19 heavy (non-hydrogen) atoms. The summed E-state index contributed by atoms with van der Waals surface area (Å²) in [6.45, 7) is 5.43. The minimum atomic E-state index is -3.35. The zero-order valence-corrected chi connectivity index (χ0v) is 13.0. The fraction of sp³-hybridized carbons (Fsp3) is 0.571. The maximum atomic E-state index is 12.3. The van der Waals surface area contributed by atoms with Gasteiger partial charge >= 0.3 is 0 Å². The molecule has 0 unspecified atom stereocenters. The maximum Gasteiger partial charge on any atom is 0.242 e. The van der Waals surface area contributed by atoms with Crippen LogP contribution in [0.4, 0.5) is 0 Å². The Bertz CT molecular complexity index is 481. The fourth-order valence-corrected chi connectivity index (χ4v) is 3.22. The fourth-order valence-electron chi connectivity index (χ4n) is 1.89. The Hall–Kier alpha value is -0.910. The standard InChI is InChI=1S/C14H24N2O2S/c1-12(2)11-16(4)19(17,18)14-7-5-13(6-8-14)9-10-15-3/h5-8,12,15H,9-11H2,1-4H3. The third-order valence-electron chi connectivity index (χ3n) is 2.92. The Morgan fingerprint density at radius 1 is 1.21 bits per heavy atom. The predicted octanol–water partition coefficient (Wildman–Crippen LogP) is 1.72. The molecule has 4 nitrogen and oxygen atoms in total. The quantitative estimate of drug-likeness (QED) is 0.829. The van der Waals surface area contributed by atoms with Crippen molar-refractivity contribution in [2.75, 3.05) is 27.2 Å². The van der Waals surface area contributed by atoms with Crippen LogP contribution in [0.25, 0.3) is 0 Å². The van der Waals surface area contributed by atoms with Gasteiger partial charge in [-0.3, -0.25) is 0 Å². The van der Waals surface area contributed by atoms with E-state index in [9.17, 15) is 8.42 Å². The summed E-state index contributed by atoms with van der Waals surface area (Å²) in [6.07, 6.45) is 0.901. The van der Waals surface area contributed by atoms with Crippen LogP contribution in [0.1, 0.15) is 19.4 Å². The Morgan fingerprint density at radius 3 is 2.26 bits per heavy atom. The zero-order chi connectivity index (χ0) is 14.5. The molecule has 0 saturated heterocycles. The number of nitrogens with zero attached hydrogens (tertiary/aromatic N) is 1. The van der Waals surface area contributed by atoms with Gasteiger partial charge in [0.25, 0.3) is 0 Å². The largest absolute Gasteiger partial charge is 0.319 e. The van der Waals surface area contributed by atoms with Crippen LogP contribution in [0, 0.1) is 5.92 Å². The molecule has 0 aliphatic carbocycles. The highest BCUT2D eigenvalue weighted by molar-refractivity contribution is 7.89. The average Bonchev–Trinajstić information content (AvgIpc) is 2.36. The van der Waals surface area contributed by atoms with Crippen LogP contribution < -0.4 is 5.32 Å². The molecule has 1 aromatic rings. The number of rotatable bonds is 7. The van der Waals surface area contributed by atoms with Crippen molar-refractivity contribution in [2.24, 2.45) is 5.92 Å². The third kappa shape index (κ3) is 4.60. The molecule has 0 aliphatic rings. The van der Waals surface area contributed by atoms with Crippen molar-refractivity contribution in [1.82, 2.24) is 9.62 Å². The van der Waals surface area contributed by atoms with E-state index in [1.807, 2.05) is 33.0 Å². The first kappa shape index (κ1) is 16.1. The summed E-state index contributed by atoms with van der Waals surface area (Å²) in [5.41, 5.74) is 1.14. The van der Waals surface area contributed by atoms with Gasteiger partial charge < -0.3 is 5.32 Å². The topological polar surface area (TPSA) is 49.4 Å². The monoisotopic (exact) mass is 284 g/mol. The van der Waals surface area contributed by atoms with Crippen LogP contribution >= 0.6 is 0 Å². The summed E-state index contributed by atoms with van der Waals surface area (Å²) in [6, 6.07) is 7.15. The Morgan fingerprint density at radius 2 is 1.79 bits per heavy atom. The van der Waals surface area contributed by atoms with Crippen molar-refractivity contribution < 1.29 is 8.42 Å². The van der Waals surface area contributed by atoms with Gasteiger partial charge in [-0.05, 0) is 43.6 Å². The van der Waals surface area contributed by atoms with Crippen LogP contribution in [-0.2, 0) is 16.4 Å². The highest BCUT2D eigenvalue weighted by Gasteiger charge is 2.20. The second-order valence-electron chi connectivity index (χ2n) is 5.18. The first-order valence-electron chi connectivity index (χ1n) is 6.57. The van der Waals surface area contributed by atoms with Gasteiger partial charge in [0.15, 0.2) is 0 Å². The Balaban J connectivity index is 2.84. The molecule has 0 aromatic heterocycles. The molecule has 5 heteroatoms. The normalized spacial score (nSPS) is 12.3. The molecule has 0 bridgehead atoms.